The summed E-state index contributed by atoms with van der Waals surface area (Å²) in [6, 6.07) is 12.6. The van der Waals surface area contributed by atoms with Crippen LogP contribution in [-0.2, 0) is 14.8 Å². The van der Waals surface area contributed by atoms with Crippen LogP contribution in [0.15, 0.2) is 42.5 Å². The standard InChI is InChI=1S/C20H21FN2O4S/c1-13(2)28(24,25)23-19-11-26-12-20(19)27-17-6-3-14(4-7-17)18-8-5-16(21)9-15(18)10-22/h3-9,13,19-20,23H,11-12H2,1-2H3/t19?,20-/m1/s1. The van der Waals surface area contributed by atoms with Gasteiger partial charge in [-0.25, -0.2) is 17.5 Å². The van der Waals surface area contributed by atoms with Gasteiger partial charge in [-0.3, -0.25) is 0 Å². The molecule has 0 aliphatic carbocycles. The van der Waals surface area contributed by atoms with Crippen LogP contribution < -0.4 is 9.46 Å². The molecule has 2 aromatic carbocycles. The highest BCUT2D eigenvalue weighted by Crippen LogP contribution is 2.27. The van der Waals surface area contributed by atoms with E-state index < -0.39 is 33.2 Å². The molecule has 1 fully saturated rings. The summed E-state index contributed by atoms with van der Waals surface area (Å²) in [5.41, 5.74) is 1.63. The van der Waals surface area contributed by atoms with Crippen LogP contribution in [0.2, 0.25) is 0 Å². The third-order valence-corrected chi connectivity index (χ3v) is 6.39. The van der Waals surface area contributed by atoms with E-state index in [2.05, 4.69) is 4.72 Å². The average Bonchev–Trinajstić information content (AvgIpc) is 3.08. The summed E-state index contributed by atoms with van der Waals surface area (Å²) in [4.78, 5) is 0. The van der Waals surface area contributed by atoms with Crippen molar-refractivity contribution in [2.45, 2.75) is 31.2 Å². The van der Waals surface area contributed by atoms with Gasteiger partial charge < -0.3 is 9.47 Å². The van der Waals surface area contributed by atoms with E-state index in [1.165, 1.54) is 12.1 Å². The second-order valence-corrected chi connectivity index (χ2v) is 9.11. The maximum atomic E-state index is 13.3. The molecule has 2 atom stereocenters. The Hall–Kier alpha value is -2.47. The second-order valence-electron chi connectivity index (χ2n) is 6.84. The maximum absolute atomic E-state index is 13.3. The van der Waals surface area contributed by atoms with Gasteiger partial charge in [0.15, 0.2) is 0 Å². The fourth-order valence-corrected chi connectivity index (χ4v) is 3.77. The minimum absolute atomic E-state index is 0.246. The Bertz CT molecular complexity index is 984. The molecule has 0 spiro atoms. The second kappa shape index (κ2) is 8.27. The molecule has 28 heavy (non-hydrogen) atoms. The van der Waals surface area contributed by atoms with Crippen molar-refractivity contribution in [1.82, 2.24) is 4.72 Å². The molecular weight excluding hydrogens is 383 g/mol. The quantitative estimate of drug-likeness (QED) is 0.800. The van der Waals surface area contributed by atoms with Crippen molar-refractivity contribution in [3.05, 3.63) is 53.8 Å². The molecule has 1 saturated heterocycles. The summed E-state index contributed by atoms with van der Waals surface area (Å²) in [7, 11) is -3.43. The summed E-state index contributed by atoms with van der Waals surface area (Å²) in [5.74, 6) is 0.0880. The number of nitrogens with zero attached hydrogens (tertiary/aromatic N) is 1. The predicted octanol–water partition coefficient (Wildman–Crippen LogP) is 2.84. The van der Waals surface area contributed by atoms with Gasteiger partial charge in [-0.1, -0.05) is 18.2 Å². The Morgan fingerprint density at radius 3 is 2.57 bits per heavy atom. The highest BCUT2D eigenvalue weighted by Gasteiger charge is 2.34. The molecule has 1 heterocycles. The smallest absolute Gasteiger partial charge is 0.214 e. The Kier molecular flexibility index (Phi) is 5.98. The molecule has 1 N–H and O–H groups in total. The molecule has 0 amide bonds. The monoisotopic (exact) mass is 404 g/mol. The molecule has 1 aliphatic heterocycles. The van der Waals surface area contributed by atoms with Crippen molar-refractivity contribution >= 4 is 10.0 Å². The van der Waals surface area contributed by atoms with E-state index in [1.807, 2.05) is 6.07 Å². The lowest BCUT2D eigenvalue weighted by molar-refractivity contribution is 0.140. The molecule has 1 unspecified atom stereocenters. The average molecular weight is 404 g/mol. The first kappa shape index (κ1) is 20.3. The predicted molar refractivity (Wildman–Crippen MR) is 103 cm³/mol. The number of hydrogen-bond acceptors (Lipinski definition) is 5. The Morgan fingerprint density at radius 2 is 1.93 bits per heavy atom. The zero-order valence-electron chi connectivity index (χ0n) is 15.6. The fourth-order valence-electron chi connectivity index (χ4n) is 2.86. The zero-order chi connectivity index (χ0) is 20.3. The van der Waals surface area contributed by atoms with Gasteiger partial charge >= 0.3 is 0 Å². The van der Waals surface area contributed by atoms with Gasteiger partial charge in [0, 0.05) is 0 Å². The number of hydrogen-bond donors (Lipinski definition) is 1. The highest BCUT2D eigenvalue weighted by molar-refractivity contribution is 7.90. The number of benzene rings is 2. The van der Waals surface area contributed by atoms with Crippen LogP contribution in [0.1, 0.15) is 19.4 Å². The molecule has 0 radical (unpaired) electrons. The summed E-state index contributed by atoms with van der Waals surface area (Å²) >= 11 is 0. The molecule has 8 heteroatoms. The number of ether oxygens (including phenoxy) is 2. The number of rotatable bonds is 6. The molecular formula is C20H21FN2O4S. The van der Waals surface area contributed by atoms with Gasteiger partial charge in [0.1, 0.15) is 17.7 Å². The van der Waals surface area contributed by atoms with Gasteiger partial charge in [0.25, 0.3) is 0 Å². The van der Waals surface area contributed by atoms with E-state index in [0.717, 1.165) is 5.56 Å². The Balaban J connectivity index is 1.73. The normalized spacial score (nSPS) is 19.5. The van der Waals surface area contributed by atoms with E-state index in [1.54, 1.807) is 44.2 Å². The largest absolute Gasteiger partial charge is 0.486 e. The summed E-state index contributed by atoms with van der Waals surface area (Å²) in [5, 5.41) is 8.65. The molecule has 1 aliphatic rings. The van der Waals surface area contributed by atoms with Crippen molar-refractivity contribution in [1.29, 1.82) is 5.26 Å². The zero-order valence-corrected chi connectivity index (χ0v) is 16.4. The molecule has 3 rings (SSSR count). The molecule has 0 saturated carbocycles. The summed E-state index contributed by atoms with van der Waals surface area (Å²) in [6.07, 6.45) is -0.445. The first-order valence-electron chi connectivity index (χ1n) is 8.86. The van der Waals surface area contributed by atoms with Crippen LogP contribution in [0.4, 0.5) is 4.39 Å². The topological polar surface area (TPSA) is 88.4 Å². The van der Waals surface area contributed by atoms with E-state index in [-0.39, 0.29) is 18.8 Å². The summed E-state index contributed by atoms with van der Waals surface area (Å²) in [6.45, 7) is 3.74. The molecule has 148 valence electrons. The van der Waals surface area contributed by atoms with Gasteiger partial charge in [0.2, 0.25) is 10.0 Å². The van der Waals surface area contributed by atoms with Crippen LogP contribution >= 0.6 is 0 Å². The van der Waals surface area contributed by atoms with Crippen molar-refractivity contribution in [3.63, 3.8) is 0 Å². The van der Waals surface area contributed by atoms with Crippen molar-refractivity contribution < 1.29 is 22.3 Å². The highest BCUT2D eigenvalue weighted by atomic mass is 32.2. The van der Waals surface area contributed by atoms with Gasteiger partial charge in [-0.2, -0.15) is 5.26 Å². The fraction of sp³-hybridized carbons (Fsp3) is 0.350. The lowest BCUT2D eigenvalue weighted by atomic mass is 10.0. The van der Waals surface area contributed by atoms with Gasteiger partial charge in [-0.15, -0.1) is 0 Å². The number of nitrogens with one attached hydrogen (secondary N) is 1. The molecule has 6 nitrogen and oxygen atoms in total. The summed E-state index contributed by atoms with van der Waals surface area (Å²) < 4.78 is 51.4. The van der Waals surface area contributed by atoms with E-state index in [0.29, 0.717) is 11.3 Å². The SMILES string of the molecule is CC(C)S(=O)(=O)NC1COC[C@H]1Oc1ccc(-c2ccc(F)cc2C#N)cc1. The van der Waals surface area contributed by atoms with E-state index >= 15 is 0 Å². The lowest BCUT2D eigenvalue weighted by Crippen LogP contribution is -2.47. The first-order valence-corrected chi connectivity index (χ1v) is 10.4. The third kappa shape index (κ3) is 4.50. The van der Waals surface area contributed by atoms with Gasteiger partial charge in [0.05, 0.1) is 36.1 Å². The number of sulfonamides is 1. The van der Waals surface area contributed by atoms with Crippen LogP contribution in [0.25, 0.3) is 11.1 Å². The molecule has 2 aromatic rings. The van der Waals surface area contributed by atoms with Crippen molar-refractivity contribution in [2.24, 2.45) is 0 Å². The van der Waals surface area contributed by atoms with Crippen molar-refractivity contribution in [2.75, 3.05) is 13.2 Å². The molecule has 0 bridgehead atoms. The maximum Gasteiger partial charge on any atom is 0.214 e. The first-order chi connectivity index (χ1) is 13.3. The van der Waals surface area contributed by atoms with E-state index in [9.17, 15) is 18.1 Å². The Morgan fingerprint density at radius 1 is 1.21 bits per heavy atom. The van der Waals surface area contributed by atoms with Crippen LogP contribution in [-0.4, -0.2) is 39.0 Å². The van der Waals surface area contributed by atoms with Crippen LogP contribution in [0.3, 0.4) is 0 Å². The number of nitriles is 1. The third-order valence-electron chi connectivity index (χ3n) is 4.52. The van der Waals surface area contributed by atoms with E-state index in [4.69, 9.17) is 9.47 Å². The lowest BCUT2D eigenvalue weighted by Gasteiger charge is -2.21. The number of halogens is 1. The minimum atomic E-state index is -3.43. The van der Waals surface area contributed by atoms with Crippen LogP contribution in [0, 0.1) is 17.1 Å². The van der Waals surface area contributed by atoms with Gasteiger partial charge in [-0.05, 0) is 49.2 Å². The van der Waals surface area contributed by atoms with Crippen LogP contribution in [0.5, 0.6) is 5.75 Å². The van der Waals surface area contributed by atoms with Crippen molar-refractivity contribution in [3.8, 4) is 22.9 Å². The Labute approximate surface area is 163 Å². The minimum Gasteiger partial charge on any atom is -0.486 e. The molecule has 0 aromatic heterocycles.